The number of carbonyl (C=O) groups is 1. The number of piperazine rings is 1. The Labute approximate surface area is 147 Å². The number of benzene rings is 1. The molecule has 0 bridgehead atoms. The van der Waals surface area contributed by atoms with Crippen molar-refractivity contribution < 1.29 is 23.1 Å². The molecule has 0 saturated carbocycles. The average Bonchev–Trinajstić information content (AvgIpc) is 2.58. The summed E-state index contributed by atoms with van der Waals surface area (Å²) in [6, 6.07) is 0.815. The second kappa shape index (κ2) is 6.99. The largest absolute Gasteiger partial charge is 0.545 e. The van der Waals surface area contributed by atoms with Gasteiger partial charge in [-0.3, -0.25) is 4.79 Å². The van der Waals surface area contributed by atoms with Gasteiger partial charge in [-0.1, -0.05) is 0 Å². The summed E-state index contributed by atoms with van der Waals surface area (Å²) in [7, 11) is 1.89. The van der Waals surface area contributed by atoms with Crippen molar-refractivity contribution >= 4 is 22.6 Å². The van der Waals surface area contributed by atoms with Gasteiger partial charge in [-0.25, -0.2) is 13.2 Å². The molecule has 0 atom stereocenters. The van der Waals surface area contributed by atoms with E-state index in [2.05, 4.69) is 0 Å². The number of hydrogen-bond acceptors (Lipinski definition) is 5. The van der Waals surface area contributed by atoms with Gasteiger partial charge < -0.3 is 24.3 Å². The van der Waals surface area contributed by atoms with Crippen LogP contribution < -0.4 is 15.4 Å². The van der Waals surface area contributed by atoms with Crippen molar-refractivity contribution in [3.8, 4) is 0 Å². The number of fused-ring (bicyclic) bond motifs is 1. The van der Waals surface area contributed by atoms with Crippen molar-refractivity contribution in [1.29, 1.82) is 0 Å². The number of carbonyl (C=O) groups excluding carboxylic acids is 1. The fourth-order valence-corrected chi connectivity index (χ4v) is 3.21. The van der Waals surface area contributed by atoms with Gasteiger partial charge in [-0.2, -0.15) is 0 Å². The van der Waals surface area contributed by atoms with Crippen molar-refractivity contribution in [2.75, 3.05) is 44.8 Å². The molecule has 0 amide bonds. The predicted molar refractivity (Wildman–Crippen MR) is 88.1 cm³/mol. The smallest absolute Gasteiger partial charge is 0.198 e. The summed E-state index contributed by atoms with van der Waals surface area (Å²) in [5, 5.41) is 10.7. The first-order valence-electron chi connectivity index (χ1n) is 8.11. The van der Waals surface area contributed by atoms with Gasteiger partial charge >= 0.3 is 0 Å². The van der Waals surface area contributed by atoms with E-state index in [-0.39, 0.29) is 17.7 Å². The second-order valence-corrected chi connectivity index (χ2v) is 6.25. The third-order valence-corrected chi connectivity index (χ3v) is 4.59. The highest BCUT2D eigenvalue weighted by Gasteiger charge is 2.25. The number of halogens is 3. The van der Waals surface area contributed by atoms with Gasteiger partial charge in [-0.05, 0) is 13.1 Å². The average molecular weight is 368 g/mol. The van der Waals surface area contributed by atoms with Crippen LogP contribution in [0.25, 0.3) is 10.9 Å². The van der Waals surface area contributed by atoms with Gasteiger partial charge in [0.25, 0.3) is 0 Å². The molecule has 9 heteroatoms. The number of aromatic nitrogens is 1. The molecule has 1 aromatic heterocycles. The normalized spacial score (nSPS) is 15.6. The number of aryl methyl sites for hydroxylation is 1. The minimum Gasteiger partial charge on any atom is -0.545 e. The number of likely N-dealkylation sites (N-methyl/N-ethyl adjacent to an activating group) is 1. The molecule has 0 N–H and O–H groups in total. The molecule has 140 valence electrons. The molecular weight excluding hydrogens is 351 g/mol. The zero-order valence-corrected chi connectivity index (χ0v) is 14.1. The van der Waals surface area contributed by atoms with Crippen LogP contribution in [-0.4, -0.2) is 55.3 Å². The molecule has 6 nitrogen and oxygen atoms in total. The molecule has 1 aliphatic rings. The number of anilines is 1. The van der Waals surface area contributed by atoms with Crippen LogP contribution in [-0.2, 0) is 6.54 Å². The molecule has 2 heterocycles. The van der Waals surface area contributed by atoms with Crippen LogP contribution in [0.5, 0.6) is 0 Å². The molecule has 26 heavy (non-hydrogen) atoms. The van der Waals surface area contributed by atoms with Gasteiger partial charge in [0.2, 0.25) is 0 Å². The van der Waals surface area contributed by atoms with E-state index in [1.165, 1.54) is 4.90 Å². The van der Waals surface area contributed by atoms with Crippen LogP contribution in [0.2, 0.25) is 0 Å². The zero-order valence-electron chi connectivity index (χ0n) is 14.1. The molecule has 2 aromatic rings. The summed E-state index contributed by atoms with van der Waals surface area (Å²) in [5.41, 5.74) is -2.43. The summed E-state index contributed by atoms with van der Waals surface area (Å²) < 4.78 is 43.6. The first-order valence-corrected chi connectivity index (χ1v) is 8.11. The number of alkyl halides is 1. The van der Waals surface area contributed by atoms with E-state index in [0.717, 1.165) is 16.8 Å². The lowest BCUT2D eigenvalue weighted by Gasteiger charge is -2.34. The summed E-state index contributed by atoms with van der Waals surface area (Å²) in [6.45, 7) is 0.712. The Morgan fingerprint density at radius 3 is 2.46 bits per heavy atom. The Hall–Kier alpha value is -2.55. The Kier molecular flexibility index (Phi) is 4.90. The highest BCUT2D eigenvalue weighted by atomic mass is 19.1. The van der Waals surface area contributed by atoms with Crippen molar-refractivity contribution in [2.24, 2.45) is 0 Å². The number of hydrogen-bond donors (Lipinski definition) is 0. The minimum atomic E-state index is -1.78. The van der Waals surface area contributed by atoms with Crippen LogP contribution in [0.4, 0.5) is 18.9 Å². The number of nitrogens with zero attached hydrogens (tertiary/aromatic N) is 3. The topological polar surface area (TPSA) is 68.6 Å². The van der Waals surface area contributed by atoms with Crippen molar-refractivity contribution in [1.82, 2.24) is 9.47 Å². The molecule has 3 rings (SSSR count). The van der Waals surface area contributed by atoms with Crippen LogP contribution >= 0.6 is 0 Å². The van der Waals surface area contributed by atoms with Crippen LogP contribution in [0.1, 0.15) is 10.4 Å². The summed E-state index contributed by atoms with van der Waals surface area (Å²) in [4.78, 5) is 26.9. The third-order valence-electron chi connectivity index (χ3n) is 4.59. The van der Waals surface area contributed by atoms with Gasteiger partial charge in [0, 0.05) is 32.4 Å². The molecule has 1 aromatic carbocycles. The molecule has 1 aliphatic heterocycles. The Balaban J connectivity index is 2.27. The predicted octanol–water partition coefficient (Wildman–Crippen LogP) is 0.364. The van der Waals surface area contributed by atoms with E-state index < -0.39 is 40.7 Å². The Bertz CT molecular complexity index is 921. The number of aromatic carboxylic acids is 1. The van der Waals surface area contributed by atoms with E-state index in [1.807, 2.05) is 11.9 Å². The first-order chi connectivity index (χ1) is 12.3. The standard InChI is InChI=1S/C17H18F3N3O3/c1-21-4-6-22(7-5-21)15-12(19)8-10-14(13(15)20)23(3-2-18)9-11(16(10)24)17(25)26/h8-9H,2-7H2,1H3,(H,25,26)/p-1. The highest BCUT2D eigenvalue weighted by Crippen LogP contribution is 2.30. The fourth-order valence-electron chi connectivity index (χ4n) is 3.21. The minimum absolute atomic E-state index is 0.293. The maximum atomic E-state index is 15.2. The molecular formula is C17H17F3N3O3-. The van der Waals surface area contributed by atoms with Gasteiger partial charge in [0.1, 0.15) is 18.2 Å². The molecule has 0 spiro atoms. The molecule has 1 fully saturated rings. The number of pyridine rings is 1. The Morgan fingerprint density at radius 2 is 1.88 bits per heavy atom. The van der Waals surface area contributed by atoms with Crippen LogP contribution in [0.3, 0.4) is 0 Å². The number of carboxylic acids is 1. The quantitative estimate of drug-likeness (QED) is 0.780. The first kappa shape index (κ1) is 18.2. The van der Waals surface area contributed by atoms with E-state index in [1.54, 1.807) is 0 Å². The van der Waals surface area contributed by atoms with Crippen LogP contribution in [0, 0.1) is 11.6 Å². The zero-order chi connectivity index (χ0) is 19.0. The maximum absolute atomic E-state index is 15.2. The maximum Gasteiger partial charge on any atom is 0.198 e. The third kappa shape index (κ3) is 3.03. The molecule has 0 radical (unpaired) electrons. The lowest BCUT2D eigenvalue weighted by Crippen LogP contribution is -2.45. The van der Waals surface area contributed by atoms with E-state index in [9.17, 15) is 23.5 Å². The summed E-state index contributed by atoms with van der Waals surface area (Å²) >= 11 is 0. The van der Waals surface area contributed by atoms with Gasteiger partial charge in [-0.15, -0.1) is 0 Å². The Morgan fingerprint density at radius 1 is 1.23 bits per heavy atom. The van der Waals surface area contributed by atoms with Gasteiger partial charge in [0.05, 0.1) is 29.0 Å². The lowest BCUT2D eigenvalue weighted by molar-refractivity contribution is -0.255. The summed E-state index contributed by atoms with van der Waals surface area (Å²) in [5.74, 6) is -3.74. The molecule has 0 aliphatic carbocycles. The highest BCUT2D eigenvalue weighted by molar-refractivity contribution is 5.93. The molecule has 0 unspecified atom stereocenters. The van der Waals surface area contributed by atoms with Gasteiger partial charge in [0.15, 0.2) is 11.2 Å². The van der Waals surface area contributed by atoms with E-state index in [4.69, 9.17) is 0 Å². The van der Waals surface area contributed by atoms with Crippen LogP contribution in [0.15, 0.2) is 17.1 Å². The SMILES string of the molecule is CN1CCN(c2c(F)cc3c(=O)c(C(=O)[O-])cn(CCF)c3c2F)CC1. The number of rotatable bonds is 4. The van der Waals surface area contributed by atoms with Crippen molar-refractivity contribution in [3.63, 3.8) is 0 Å². The fraction of sp³-hybridized carbons (Fsp3) is 0.412. The van der Waals surface area contributed by atoms with Crippen molar-refractivity contribution in [3.05, 3.63) is 39.7 Å². The number of carboxylic acid groups (broad SMARTS) is 1. The van der Waals surface area contributed by atoms with E-state index in [0.29, 0.717) is 26.2 Å². The molecule has 1 saturated heterocycles. The summed E-state index contributed by atoms with van der Waals surface area (Å²) in [6.07, 6.45) is 0.842. The lowest BCUT2D eigenvalue weighted by atomic mass is 10.1. The van der Waals surface area contributed by atoms with E-state index >= 15 is 4.39 Å². The second-order valence-electron chi connectivity index (χ2n) is 6.25. The van der Waals surface area contributed by atoms with Crippen molar-refractivity contribution in [2.45, 2.75) is 6.54 Å². The monoisotopic (exact) mass is 368 g/mol.